The highest BCUT2D eigenvalue weighted by Gasteiger charge is 2.02. The van der Waals surface area contributed by atoms with Crippen LogP contribution in [0.5, 0.6) is 0 Å². The molecule has 0 atom stereocenters. The van der Waals surface area contributed by atoms with Gasteiger partial charge >= 0.3 is 5.69 Å². The monoisotopic (exact) mass is 203 g/mol. The van der Waals surface area contributed by atoms with Crippen LogP contribution in [-0.4, -0.2) is 15.2 Å². The maximum Gasteiger partial charge on any atom is 0.342 e. The second-order valence-electron chi connectivity index (χ2n) is 3.12. The van der Waals surface area contributed by atoms with Crippen LogP contribution in [-0.2, 0) is 6.42 Å². The molecule has 15 heavy (non-hydrogen) atoms. The summed E-state index contributed by atoms with van der Waals surface area (Å²) in [5.41, 5.74) is 0.253. The van der Waals surface area contributed by atoms with Gasteiger partial charge in [-0.3, -0.25) is 9.78 Å². The number of hydrogen-bond acceptors (Lipinski definition) is 3. The minimum atomic E-state index is -0.586. The van der Waals surface area contributed by atoms with Gasteiger partial charge in [-0.2, -0.15) is 5.10 Å². The van der Waals surface area contributed by atoms with E-state index in [-0.39, 0.29) is 0 Å². The third-order valence-electron chi connectivity index (χ3n) is 2.00. The van der Waals surface area contributed by atoms with Gasteiger partial charge in [0.15, 0.2) is 0 Å². The average Bonchev–Trinajstić information content (AvgIpc) is 2.24. The highest BCUT2D eigenvalue weighted by molar-refractivity contribution is 5.19. The number of benzene rings is 1. The summed E-state index contributed by atoms with van der Waals surface area (Å²) in [6.07, 6.45) is 0.410. The predicted molar refractivity (Wildman–Crippen MR) is 54.7 cm³/mol. The van der Waals surface area contributed by atoms with Gasteiger partial charge in [-0.25, -0.2) is 9.89 Å². The summed E-state index contributed by atoms with van der Waals surface area (Å²) in [6, 6.07) is 9.46. The molecule has 1 aromatic heterocycles. The molecular formula is C10H9N3O2. The van der Waals surface area contributed by atoms with Gasteiger partial charge in [-0.1, -0.05) is 30.3 Å². The van der Waals surface area contributed by atoms with Gasteiger partial charge in [0.25, 0.3) is 5.56 Å². The molecule has 5 nitrogen and oxygen atoms in total. The van der Waals surface area contributed by atoms with E-state index in [0.717, 1.165) is 5.56 Å². The van der Waals surface area contributed by atoms with Crippen LogP contribution in [0.3, 0.4) is 0 Å². The standard InChI is InChI=1S/C10H9N3O2/c14-9-8(12-13-10(15)11-9)6-7-4-2-1-3-5-7/h1-5H,6H2,(H2,11,13,14,15). The smallest absolute Gasteiger partial charge is 0.271 e. The van der Waals surface area contributed by atoms with Crippen molar-refractivity contribution < 1.29 is 0 Å². The molecule has 0 amide bonds. The van der Waals surface area contributed by atoms with Gasteiger partial charge in [-0.05, 0) is 5.56 Å². The van der Waals surface area contributed by atoms with Crippen molar-refractivity contribution >= 4 is 0 Å². The fourth-order valence-corrected chi connectivity index (χ4v) is 1.28. The SMILES string of the molecule is O=c1[nH]nc(Cc2ccccc2)c(=O)[nH]1. The predicted octanol–water partition coefficient (Wildman–Crippen LogP) is 0.0490. The van der Waals surface area contributed by atoms with Crippen molar-refractivity contribution in [3.63, 3.8) is 0 Å². The molecule has 2 N–H and O–H groups in total. The van der Waals surface area contributed by atoms with Crippen LogP contribution in [0.1, 0.15) is 11.3 Å². The van der Waals surface area contributed by atoms with E-state index in [9.17, 15) is 9.59 Å². The molecule has 0 aliphatic rings. The van der Waals surface area contributed by atoms with E-state index in [1.807, 2.05) is 30.3 Å². The van der Waals surface area contributed by atoms with E-state index in [2.05, 4.69) is 15.2 Å². The fourth-order valence-electron chi connectivity index (χ4n) is 1.28. The Kier molecular flexibility index (Phi) is 2.45. The molecule has 0 spiro atoms. The van der Waals surface area contributed by atoms with Crippen LogP contribution < -0.4 is 11.2 Å². The van der Waals surface area contributed by atoms with E-state index >= 15 is 0 Å². The third-order valence-corrected chi connectivity index (χ3v) is 2.00. The Hall–Kier alpha value is -2.17. The third kappa shape index (κ3) is 2.19. The first-order valence-corrected chi connectivity index (χ1v) is 4.47. The molecule has 1 heterocycles. The lowest BCUT2D eigenvalue weighted by atomic mass is 10.1. The van der Waals surface area contributed by atoms with Crippen molar-refractivity contribution in [1.29, 1.82) is 0 Å². The Morgan fingerprint density at radius 2 is 1.87 bits per heavy atom. The van der Waals surface area contributed by atoms with Crippen LogP contribution >= 0.6 is 0 Å². The highest BCUT2D eigenvalue weighted by Crippen LogP contribution is 2.01. The lowest BCUT2D eigenvalue weighted by molar-refractivity contribution is 0.828. The van der Waals surface area contributed by atoms with Crippen LogP contribution in [0.15, 0.2) is 39.9 Å². The van der Waals surface area contributed by atoms with Crippen molar-refractivity contribution in [2.75, 3.05) is 0 Å². The summed E-state index contributed by atoms with van der Waals surface area (Å²) in [4.78, 5) is 24.2. The molecule has 0 fully saturated rings. The highest BCUT2D eigenvalue weighted by atomic mass is 16.2. The number of aromatic amines is 2. The Morgan fingerprint density at radius 1 is 1.13 bits per heavy atom. The quantitative estimate of drug-likeness (QED) is 0.723. The minimum absolute atomic E-state index is 0.306. The zero-order valence-corrected chi connectivity index (χ0v) is 7.86. The average molecular weight is 203 g/mol. The maximum absolute atomic E-state index is 11.3. The summed E-state index contributed by atoms with van der Waals surface area (Å²) in [6.45, 7) is 0. The van der Waals surface area contributed by atoms with E-state index < -0.39 is 11.2 Å². The number of aromatic nitrogens is 3. The first-order chi connectivity index (χ1) is 7.25. The number of rotatable bonds is 2. The molecule has 2 aromatic rings. The molecule has 2 rings (SSSR count). The Labute approximate surface area is 84.8 Å². The van der Waals surface area contributed by atoms with E-state index in [1.54, 1.807) is 0 Å². The van der Waals surface area contributed by atoms with Crippen molar-refractivity contribution in [2.45, 2.75) is 6.42 Å². The van der Waals surface area contributed by atoms with Gasteiger partial charge in [0.2, 0.25) is 0 Å². The van der Waals surface area contributed by atoms with E-state index in [0.29, 0.717) is 12.1 Å². The lowest BCUT2D eigenvalue weighted by Crippen LogP contribution is -2.27. The largest absolute Gasteiger partial charge is 0.342 e. The van der Waals surface area contributed by atoms with Gasteiger partial charge in [-0.15, -0.1) is 0 Å². The summed E-state index contributed by atoms with van der Waals surface area (Å²) in [5.74, 6) is 0. The van der Waals surface area contributed by atoms with Crippen LogP contribution in [0.2, 0.25) is 0 Å². The second-order valence-corrected chi connectivity index (χ2v) is 3.12. The summed E-state index contributed by atoms with van der Waals surface area (Å²) in [7, 11) is 0. The van der Waals surface area contributed by atoms with Crippen LogP contribution in [0.25, 0.3) is 0 Å². The number of nitrogens with zero attached hydrogens (tertiary/aromatic N) is 1. The molecule has 0 unspecified atom stereocenters. The van der Waals surface area contributed by atoms with E-state index in [1.165, 1.54) is 0 Å². The van der Waals surface area contributed by atoms with Crippen molar-refractivity contribution in [3.8, 4) is 0 Å². The Morgan fingerprint density at radius 3 is 2.53 bits per heavy atom. The molecule has 5 heteroatoms. The Balaban J connectivity index is 2.33. The first kappa shape index (κ1) is 9.39. The number of hydrogen-bond donors (Lipinski definition) is 2. The van der Waals surface area contributed by atoms with Gasteiger partial charge < -0.3 is 0 Å². The zero-order valence-electron chi connectivity index (χ0n) is 7.86. The maximum atomic E-state index is 11.3. The summed E-state index contributed by atoms with van der Waals surface area (Å²) < 4.78 is 0. The zero-order chi connectivity index (χ0) is 10.7. The Bertz CT molecular complexity index is 557. The summed E-state index contributed by atoms with van der Waals surface area (Å²) in [5, 5.41) is 5.89. The molecule has 1 aromatic carbocycles. The normalized spacial score (nSPS) is 10.1. The fraction of sp³-hybridized carbons (Fsp3) is 0.100. The molecule has 76 valence electrons. The minimum Gasteiger partial charge on any atom is -0.271 e. The van der Waals surface area contributed by atoms with Gasteiger partial charge in [0, 0.05) is 6.42 Å². The molecule has 0 radical (unpaired) electrons. The van der Waals surface area contributed by atoms with Gasteiger partial charge in [0.1, 0.15) is 5.69 Å². The number of nitrogens with one attached hydrogen (secondary N) is 2. The van der Waals surface area contributed by atoms with Crippen LogP contribution in [0, 0.1) is 0 Å². The number of H-pyrrole nitrogens is 2. The van der Waals surface area contributed by atoms with Crippen LogP contribution in [0.4, 0.5) is 0 Å². The summed E-state index contributed by atoms with van der Waals surface area (Å²) >= 11 is 0. The molecule has 0 saturated carbocycles. The second kappa shape index (κ2) is 3.91. The van der Waals surface area contributed by atoms with E-state index in [4.69, 9.17) is 0 Å². The molecule has 0 aliphatic heterocycles. The first-order valence-electron chi connectivity index (χ1n) is 4.47. The van der Waals surface area contributed by atoms with Crippen molar-refractivity contribution in [3.05, 3.63) is 62.4 Å². The van der Waals surface area contributed by atoms with Gasteiger partial charge in [0.05, 0.1) is 0 Å². The van der Waals surface area contributed by atoms with Crippen molar-refractivity contribution in [1.82, 2.24) is 15.2 Å². The lowest BCUT2D eigenvalue weighted by Gasteiger charge is -1.97. The molecule has 0 saturated heterocycles. The molecular weight excluding hydrogens is 194 g/mol. The topological polar surface area (TPSA) is 78.6 Å². The van der Waals surface area contributed by atoms with Crippen molar-refractivity contribution in [2.24, 2.45) is 0 Å². The molecule has 0 aliphatic carbocycles. The molecule has 0 bridgehead atoms.